The quantitative estimate of drug-likeness (QED) is 0.826. The van der Waals surface area contributed by atoms with E-state index in [0.29, 0.717) is 35.4 Å². The van der Waals surface area contributed by atoms with Crippen molar-refractivity contribution >= 4 is 5.91 Å². The highest BCUT2D eigenvalue weighted by molar-refractivity contribution is 5.98. The molecule has 24 heavy (non-hydrogen) atoms. The molecule has 1 fully saturated rings. The van der Waals surface area contributed by atoms with Crippen LogP contribution in [0, 0.1) is 0 Å². The van der Waals surface area contributed by atoms with Gasteiger partial charge in [0.25, 0.3) is 5.91 Å². The second-order valence-electron chi connectivity index (χ2n) is 6.16. The van der Waals surface area contributed by atoms with Crippen LogP contribution in [0.15, 0.2) is 12.1 Å². The SMILES string of the molecule is COc1ccc(C(=O)N2CCCN(C(C)C)CC2)c(OC)c1OC. The number of amides is 1. The predicted molar refractivity (Wildman–Crippen MR) is 93.3 cm³/mol. The monoisotopic (exact) mass is 336 g/mol. The first-order chi connectivity index (χ1) is 11.5. The molecule has 1 heterocycles. The largest absolute Gasteiger partial charge is 0.493 e. The molecular formula is C18H28N2O4. The molecule has 6 heteroatoms. The Morgan fingerprint density at radius 2 is 1.67 bits per heavy atom. The fourth-order valence-electron chi connectivity index (χ4n) is 3.10. The van der Waals surface area contributed by atoms with Gasteiger partial charge in [0, 0.05) is 32.2 Å². The molecule has 0 N–H and O–H groups in total. The van der Waals surface area contributed by atoms with Crippen molar-refractivity contribution in [2.24, 2.45) is 0 Å². The van der Waals surface area contributed by atoms with E-state index in [1.54, 1.807) is 26.4 Å². The van der Waals surface area contributed by atoms with Crippen molar-refractivity contribution in [1.82, 2.24) is 9.80 Å². The molecule has 0 radical (unpaired) electrons. The van der Waals surface area contributed by atoms with Gasteiger partial charge in [0.05, 0.1) is 26.9 Å². The number of hydrogen-bond acceptors (Lipinski definition) is 5. The average molecular weight is 336 g/mol. The lowest BCUT2D eigenvalue weighted by molar-refractivity contribution is 0.0755. The van der Waals surface area contributed by atoms with Crippen LogP contribution in [0.1, 0.15) is 30.6 Å². The summed E-state index contributed by atoms with van der Waals surface area (Å²) in [5.74, 6) is 1.39. The Kier molecular flexibility index (Phi) is 6.31. The van der Waals surface area contributed by atoms with Gasteiger partial charge in [0.15, 0.2) is 11.5 Å². The maximum Gasteiger partial charge on any atom is 0.257 e. The van der Waals surface area contributed by atoms with Crippen LogP contribution in [0.2, 0.25) is 0 Å². The van der Waals surface area contributed by atoms with Gasteiger partial charge in [-0.05, 0) is 32.4 Å². The zero-order valence-electron chi connectivity index (χ0n) is 15.3. The lowest BCUT2D eigenvalue weighted by Crippen LogP contribution is -2.37. The molecule has 0 atom stereocenters. The van der Waals surface area contributed by atoms with Crippen molar-refractivity contribution in [3.63, 3.8) is 0 Å². The number of rotatable bonds is 5. The van der Waals surface area contributed by atoms with Gasteiger partial charge in [0.2, 0.25) is 5.75 Å². The number of benzene rings is 1. The first-order valence-corrected chi connectivity index (χ1v) is 8.35. The van der Waals surface area contributed by atoms with Crippen LogP contribution in [0.4, 0.5) is 0 Å². The van der Waals surface area contributed by atoms with Crippen molar-refractivity contribution < 1.29 is 19.0 Å². The summed E-state index contributed by atoms with van der Waals surface area (Å²) < 4.78 is 16.1. The second-order valence-corrected chi connectivity index (χ2v) is 6.16. The van der Waals surface area contributed by atoms with Crippen LogP contribution in [0.3, 0.4) is 0 Å². The summed E-state index contributed by atoms with van der Waals surface area (Å²) in [6, 6.07) is 3.98. The summed E-state index contributed by atoms with van der Waals surface area (Å²) in [5.41, 5.74) is 0.508. The van der Waals surface area contributed by atoms with E-state index in [2.05, 4.69) is 18.7 Å². The molecular weight excluding hydrogens is 308 g/mol. The molecule has 1 amide bonds. The second kappa shape index (κ2) is 8.24. The minimum atomic E-state index is -0.0293. The van der Waals surface area contributed by atoms with Crippen molar-refractivity contribution in [2.45, 2.75) is 26.3 Å². The molecule has 0 aromatic heterocycles. The Hall–Kier alpha value is -1.95. The molecule has 6 nitrogen and oxygen atoms in total. The number of carbonyl (C=O) groups is 1. The van der Waals surface area contributed by atoms with Gasteiger partial charge in [-0.1, -0.05) is 0 Å². The molecule has 0 aliphatic carbocycles. The third kappa shape index (κ3) is 3.75. The molecule has 1 aromatic rings. The average Bonchev–Trinajstić information content (AvgIpc) is 2.85. The van der Waals surface area contributed by atoms with Gasteiger partial charge in [-0.2, -0.15) is 0 Å². The fourth-order valence-corrected chi connectivity index (χ4v) is 3.10. The maximum absolute atomic E-state index is 13.0. The van der Waals surface area contributed by atoms with E-state index in [0.717, 1.165) is 26.1 Å². The van der Waals surface area contributed by atoms with Gasteiger partial charge in [-0.3, -0.25) is 9.69 Å². The Morgan fingerprint density at radius 3 is 2.25 bits per heavy atom. The van der Waals surface area contributed by atoms with Crippen molar-refractivity contribution in [2.75, 3.05) is 47.5 Å². The lowest BCUT2D eigenvalue weighted by atomic mass is 10.1. The number of carbonyl (C=O) groups excluding carboxylic acids is 1. The standard InChI is InChI=1S/C18H28N2O4/c1-13(2)19-9-6-10-20(12-11-19)18(21)14-7-8-15(22-3)17(24-5)16(14)23-4/h7-8,13H,6,9-12H2,1-5H3. The topological polar surface area (TPSA) is 51.2 Å². The zero-order valence-corrected chi connectivity index (χ0v) is 15.3. The third-order valence-electron chi connectivity index (χ3n) is 4.48. The van der Waals surface area contributed by atoms with Crippen molar-refractivity contribution in [1.29, 1.82) is 0 Å². The van der Waals surface area contributed by atoms with Crippen LogP contribution >= 0.6 is 0 Å². The van der Waals surface area contributed by atoms with Crippen LogP contribution in [0.25, 0.3) is 0 Å². The third-order valence-corrected chi connectivity index (χ3v) is 4.48. The first-order valence-electron chi connectivity index (χ1n) is 8.35. The van der Waals surface area contributed by atoms with Crippen LogP contribution in [-0.2, 0) is 0 Å². The highest BCUT2D eigenvalue weighted by Crippen LogP contribution is 2.40. The molecule has 0 unspecified atom stereocenters. The zero-order chi connectivity index (χ0) is 17.7. The highest BCUT2D eigenvalue weighted by atomic mass is 16.5. The molecule has 1 aromatic carbocycles. The Labute approximate surface area is 144 Å². The van der Waals surface area contributed by atoms with E-state index < -0.39 is 0 Å². The normalized spacial score (nSPS) is 16.0. The van der Waals surface area contributed by atoms with Crippen LogP contribution in [0.5, 0.6) is 17.2 Å². The minimum Gasteiger partial charge on any atom is -0.493 e. The Morgan fingerprint density at radius 1 is 0.958 bits per heavy atom. The van der Waals surface area contributed by atoms with Gasteiger partial charge in [0.1, 0.15) is 0 Å². The van der Waals surface area contributed by atoms with Gasteiger partial charge < -0.3 is 19.1 Å². The maximum atomic E-state index is 13.0. The number of hydrogen-bond donors (Lipinski definition) is 0. The summed E-state index contributed by atoms with van der Waals surface area (Å²) in [5, 5.41) is 0. The molecule has 134 valence electrons. The van der Waals surface area contributed by atoms with Gasteiger partial charge in [-0.25, -0.2) is 0 Å². The van der Waals surface area contributed by atoms with Crippen LogP contribution in [-0.4, -0.2) is 69.3 Å². The molecule has 0 bridgehead atoms. The molecule has 0 spiro atoms. The van der Waals surface area contributed by atoms with Gasteiger partial charge in [-0.15, -0.1) is 0 Å². The van der Waals surface area contributed by atoms with Crippen LogP contribution < -0.4 is 14.2 Å². The molecule has 1 aliphatic rings. The van der Waals surface area contributed by atoms with E-state index in [-0.39, 0.29) is 5.91 Å². The molecule has 1 aliphatic heterocycles. The van der Waals surface area contributed by atoms with E-state index in [9.17, 15) is 4.79 Å². The summed E-state index contributed by atoms with van der Waals surface area (Å²) in [6.45, 7) is 7.75. The van der Waals surface area contributed by atoms with E-state index in [4.69, 9.17) is 14.2 Å². The smallest absolute Gasteiger partial charge is 0.257 e. The summed E-state index contributed by atoms with van der Waals surface area (Å²) in [6.07, 6.45) is 0.972. The van der Waals surface area contributed by atoms with E-state index >= 15 is 0 Å². The Bertz CT molecular complexity index is 574. The summed E-state index contributed by atoms with van der Waals surface area (Å²) in [4.78, 5) is 17.3. The highest BCUT2D eigenvalue weighted by Gasteiger charge is 2.26. The van der Waals surface area contributed by atoms with Gasteiger partial charge >= 0.3 is 0 Å². The van der Waals surface area contributed by atoms with Crippen molar-refractivity contribution in [3.8, 4) is 17.2 Å². The number of methoxy groups -OCH3 is 3. The Balaban J connectivity index is 2.26. The van der Waals surface area contributed by atoms with E-state index in [1.807, 2.05) is 4.90 Å². The summed E-state index contributed by atoms with van der Waals surface area (Å²) >= 11 is 0. The van der Waals surface area contributed by atoms with E-state index in [1.165, 1.54) is 7.11 Å². The molecule has 0 saturated carbocycles. The predicted octanol–water partition coefficient (Wildman–Crippen LogP) is 2.27. The lowest BCUT2D eigenvalue weighted by Gasteiger charge is -2.25. The first kappa shape index (κ1) is 18.4. The fraction of sp³-hybridized carbons (Fsp3) is 0.611. The molecule has 1 saturated heterocycles. The number of ether oxygens (including phenoxy) is 3. The summed E-state index contributed by atoms with van der Waals surface area (Å²) in [7, 11) is 4.65. The van der Waals surface area contributed by atoms with Crippen molar-refractivity contribution in [3.05, 3.63) is 17.7 Å². The number of nitrogens with zero attached hydrogens (tertiary/aromatic N) is 2. The molecule has 2 rings (SSSR count). The minimum absolute atomic E-state index is 0.0293.